The highest BCUT2D eigenvalue weighted by Gasteiger charge is 2.22. The molecule has 1 fully saturated rings. The number of nitrogens with one attached hydrogen (secondary N) is 1. The van der Waals surface area contributed by atoms with Crippen molar-refractivity contribution in [2.75, 3.05) is 6.54 Å². The van der Waals surface area contributed by atoms with E-state index in [4.69, 9.17) is 0 Å². The molecule has 0 aliphatic carbocycles. The van der Waals surface area contributed by atoms with Crippen LogP contribution in [-0.2, 0) is 22.7 Å². The topological polar surface area (TPSA) is 67.2 Å². The number of hydrogen-bond acceptors (Lipinski definition) is 3. The van der Waals surface area contributed by atoms with Crippen LogP contribution in [0.1, 0.15) is 43.4 Å². The van der Waals surface area contributed by atoms with Crippen LogP contribution < -0.4 is 5.32 Å². The number of hydrogen-bond donors (Lipinski definition) is 1. The van der Waals surface area contributed by atoms with Crippen molar-refractivity contribution in [2.45, 2.75) is 45.3 Å². The summed E-state index contributed by atoms with van der Waals surface area (Å²) in [6.45, 7) is 3.85. The first-order chi connectivity index (χ1) is 12.2. The van der Waals surface area contributed by atoms with Crippen LogP contribution >= 0.6 is 0 Å². The summed E-state index contributed by atoms with van der Waals surface area (Å²) in [5.74, 6) is 0.168. The number of amides is 2. The number of rotatable bonds is 7. The van der Waals surface area contributed by atoms with Gasteiger partial charge in [-0.2, -0.15) is 5.10 Å². The standard InChI is InChI=1S/C19H24N4O2/c1-2-17(23-12-6-10-21-23)19(25)20-13-15-7-3-4-8-16(15)14-22-11-5-9-18(22)24/h3-4,6-8,10,12,17H,2,5,9,11,13-14H2,1H3,(H,20,25). The van der Waals surface area contributed by atoms with E-state index in [2.05, 4.69) is 10.4 Å². The van der Waals surface area contributed by atoms with E-state index in [0.29, 0.717) is 25.9 Å². The highest BCUT2D eigenvalue weighted by Crippen LogP contribution is 2.17. The highest BCUT2D eigenvalue weighted by atomic mass is 16.2. The molecule has 1 aromatic heterocycles. The third-order valence-corrected chi connectivity index (χ3v) is 4.64. The second kappa shape index (κ2) is 7.96. The molecule has 2 aromatic rings. The highest BCUT2D eigenvalue weighted by molar-refractivity contribution is 5.80. The lowest BCUT2D eigenvalue weighted by Gasteiger charge is -2.19. The Morgan fingerprint density at radius 1 is 1.28 bits per heavy atom. The van der Waals surface area contributed by atoms with E-state index in [1.165, 1.54) is 0 Å². The lowest BCUT2D eigenvalue weighted by Crippen LogP contribution is -2.32. The van der Waals surface area contributed by atoms with Gasteiger partial charge in [0.05, 0.1) is 0 Å². The molecule has 0 spiro atoms. The lowest BCUT2D eigenvalue weighted by atomic mass is 10.1. The SMILES string of the molecule is CCC(C(=O)NCc1ccccc1CN1CCCC1=O)n1cccn1. The average Bonchev–Trinajstić information content (AvgIpc) is 3.28. The van der Waals surface area contributed by atoms with Gasteiger partial charge in [0.25, 0.3) is 0 Å². The van der Waals surface area contributed by atoms with Crippen LogP contribution in [0.25, 0.3) is 0 Å². The van der Waals surface area contributed by atoms with E-state index in [-0.39, 0.29) is 17.9 Å². The first-order valence-electron chi connectivity index (χ1n) is 8.80. The summed E-state index contributed by atoms with van der Waals surface area (Å²) in [4.78, 5) is 26.3. The van der Waals surface area contributed by atoms with Crippen LogP contribution in [0.3, 0.4) is 0 Å². The Balaban J connectivity index is 1.64. The minimum absolute atomic E-state index is 0.0433. The van der Waals surface area contributed by atoms with Gasteiger partial charge in [0.2, 0.25) is 11.8 Å². The van der Waals surface area contributed by atoms with Crippen molar-refractivity contribution in [3.8, 4) is 0 Å². The number of benzene rings is 1. The molecule has 132 valence electrons. The van der Waals surface area contributed by atoms with Gasteiger partial charge < -0.3 is 10.2 Å². The number of carbonyl (C=O) groups is 2. The number of carbonyl (C=O) groups excluding carboxylic acids is 2. The molecule has 3 rings (SSSR count). The fourth-order valence-electron chi connectivity index (χ4n) is 3.22. The molecule has 1 N–H and O–H groups in total. The fraction of sp³-hybridized carbons (Fsp3) is 0.421. The Hall–Kier alpha value is -2.63. The van der Waals surface area contributed by atoms with Gasteiger partial charge in [0.15, 0.2) is 0 Å². The largest absolute Gasteiger partial charge is 0.350 e. The molecule has 1 saturated heterocycles. The van der Waals surface area contributed by atoms with Crippen LogP contribution in [0.15, 0.2) is 42.7 Å². The van der Waals surface area contributed by atoms with Crippen LogP contribution in [-0.4, -0.2) is 33.0 Å². The second-order valence-corrected chi connectivity index (χ2v) is 6.32. The molecule has 0 saturated carbocycles. The summed E-state index contributed by atoms with van der Waals surface area (Å²) >= 11 is 0. The molecular formula is C19H24N4O2. The van der Waals surface area contributed by atoms with Crippen LogP contribution in [0.5, 0.6) is 0 Å². The van der Waals surface area contributed by atoms with E-state index >= 15 is 0 Å². The molecule has 1 atom stereocenters. The number of aromatic nitrogens is 2. The van der Waals surface area contributed by atoms with Crippen molar-refractivity contribution in [1.29, 1.82) is 0 Å². The van der Waals surface area contributed by atoms with E-state index in [9.17, 15) is 9.59 Å². The maximum Gasteiger partial charge on any atom is 0.245 e. The van der Waals surface area contributed by atoms with Crippen LogP contribution in [0.2, 0.25) is 0 Å². The molecule has 6 nitrogen and oxygen atoms in total. The van der Waals surface area contributed by atoms with Crippen molar-refractivity contribution < 1.29 is 9.59 Å². The van der Waals surface area contributed by atoms with Crippen LogP contribution in [0.4, 0.5) is 0 Å². The van der Waals surface area contributed by atoms with Gasteiger partial charge in [0, 0.05) is 38.4 Å². The smallest absolute Gasteiger partial charge is 0.245 e. The molecular weight excluding hydrogens is 316 g/mol. The Morgan fingerprint density at radius 2 is 2.08 bits per heavy atom. The Morgan fingerprint density at radius 3 is 2.72 bits per heavy atom. The monoisotopic (exact) mass is 340 g/mol. The minimum atomic E-state index is -0.303. The third-order valence-electron chi connectivity index (χ3n) is 4.64. The fourth-order valence-corrected chi connectivity index (χ4v) is 3.22. The van der Waals surface area contributed by atoms with Crippen molar-refractivity contribution in [1.82, 2.24) is 20.0 Å². The molecule has 1 aliphatic rings. The molecule has 1 aliphatic heterocycles. The molecule has 2 amide bonds. The van der Waals surface area contributed by atoms with Gasteiger partial charge in [-0.1, -0.05) is 31.2 Å². The number of nitrogens with zero attached hydrogens (tertiary/aromatic N) is 3. The average molecular weight is 340 g/mol. The van der Waals surface area contributed by atoms with Gasteiger partial charge in [-0.15, -0.1) is 0 Å². The van der Waals surface area contributed by atoms with Gasteiger partial charge in [-0.3, -0.25) is 14.3 Å². The minimum Gasteiger partial charge on any atom is -0.350 e. The normalized spacial score (nSPS) is 15.4. The molecule has 1 aromatic carbocycles. The summed E-state index contributed by atoms with van der Waals surface area (Å²) in [7, 11) is 0. The van der Waals surface area contributed by atoms with E-state index < -0.39 is 0 Å². The van der Waals surface area contributed by atoms with Crippen molar-refractivity contribution in [3.63, 3.8) is 0 Å². The molecule has 6 heteroatoms. The van der Waals surface area contributed by atoms with Gasteiger partial charge in [-0.05, 0) is 30.0 Å². The second-order valence-electron chi connectivity index (χ2n) is 6.32. The Labute approximate surface area is 147 Å². The Kier molecular flexibility index (Phi) is 5.48. The van der Waals surface area contributed by atoms with Gasteiger partial charge in [-0.25, -0.2) is 0 Å². The van der Waals surface area contributed by atoms with Crippen molar-refractivity contribution >= 4 is 11.8 Å². The molecule has 0 bridgehead atoms. The van der Waals surface area contributed by atoms with Gasteiger partial charge in [0.1, 0.15) is 6.04 Å². The zero-order valence-electron chi connectivity index (χ0n) is 14.5. The third kappa shape index (κ3) is 4.07. The van der Waals surface area contributed by atoms with Crippen molar-refractivity contribution in [2.24, 2.45) is 0 Å². The van der Waals surface area contributed by atoms with Crippen LogP contribution in [0, 0.1) is 0 Å². The molecule has 2 heterocycles. The molecule has 1 unspecified atom stereocenters. The lowest BCUT2D eigenvalue weighted by molar-refractivity contribution is -0.128. The van der Waals surface area contributed by atoms with Gasteiger partial charge >= 0.3 is 0 Å². The van der Waals surface area contributed by atoms with E-state index in [1.54, 1.807) is 17.1 Å². The Bertz CT molecular complexity index is 727. The predicted molar refractivity (Wildman–Crippen MR) is 94.5 cm³/mol. The maximum absolute atomic E-state index is 12.5. The van der Waals surface area contributed by atoms with E-state index in [0.717, 1.165) is 24.1 Å². The zero-order chi connectivity index (χ0) is 17.6. The number of likely N-dealkylation sites (tertiary alicyclic amines) is 1. The molecule has 25 heavy (non-hydrogen) atoms. The quantitative estimate of drug-likeness (QED) is 0.841. The van der Waals surface area contributed by atoms with E-state index in [1.807, 2.05) is 42.2 Å². The summed E-state index contributed by atoms with van der Waals surface area (Å²) in [5, 5.41) is 7.18. The maximum atomic E-state index is 12.5. The first-order valence-corrected chi connectivity index (χ1v) is 8.80. The summed E-state index contributed by atoms with van der Waals surface area (Å²) in [5.41, 5.74) is 2.14. The zero-order valence-corrected chi connectivity index (χ0v) is 14.5. The first kappa shape index (κ1) is 17.2. The summed E-state index contributed by atoms with van der Waals surface area (Å²) in [6.07, 6.45) is 5.73. The predicted octanol–water partition coefficient (Wildman–Crippen LogP) is 2.27. The summed E-state index contributed by atoms with van der Waals surface area (Å²) in [6, 6.07) is 9.48. The summed E-state index contributed by atoms with van der Waals surface area (Å²) < 4.78 is 1.68. The van der Waals surface area contributed by atoms with Crippen molar-refractivity contribution in [3.05, 3.63) is 53.9 Å². The molecule has 0 radical (unpaired) electrons.